The van der Waals surface area contributed by atoms with Crippen LogP contribution in [-0.4, -0.2) is 22.4 Å². The van der Waals surface area contributed by atoms with Crippen LogP contribution in [0.2, 0.25) is 0 Å². The van der Waals surface area contributed by atoms with Crippen molar-refractivity contribution in [1.29, 1.82) is 0 Å². The maximum Gasteiger partial charge on any atom is 0.0941 e. The lowest BCUT2D eigenvalue weighted by Crippen LogP contribution is -2.44. The minimum atomic E-state index is 0.318. The van der Waals surface area contributed by atoms with E-state index in [2.05, 4.69) is 25.8 Å². The van der Waals surface area contributed by atoms with Gasteiger partial charge < -0.3 is 5.73 Å². The first-order valence-corrected chi connectivity index (χ1v) is 5.51. The monoisotopic (exact) mass is 186 g/mol. The van der Waals surface area contributed by atoms with Gasteiger partial charge in [-0.1, -0.05) is 6.92 Å². The van der Waals surface area contributed by atoms with Gasteiger partial charge in [-0.3, -0.25) is 4.99 Å². The average molecular weight is 186 g/mol. The van der Waals surface area contributed by atoms with Gasteiger partial charge in [-0.05, 0) is 20.3 Å². The molecule has 0 aliphatic carbocycles. The summed E-state index contributed by atoms with van der Waals surface area (Å²) in [4.78, 5) is 4.50. The van der Waals surface area contributed by atoms with Gasteiger partial charge in [0.15, 0.2) is 0 Å². The summed E-state index contributed by atoms with van der Waals surface area (Å²) in [6, 6.07) is 0.453. The summed E-state index contributed by atoms with van der Waals surface area (Å²) in [5.74, 6) is 1.97. The van der Waals surface area contributed by atoms with Crippen LogP contribution < -0.4 is 5.73 Å². The molecule has 1 aliphatic heterocycles. The van der Waals surface area contributed by atoms with Gasteiger partial charge in [0.05, 0.1) is 11.9 Å². The zero-order chi connectivity index (χ0) is 9.19. The van der Waals surface area contributed by atoms with E-state index in [-0.39, 0.29) is 0 Å². The van der Waals surface area contributed by atoms with Crippen LogP contribution in [-0.2, 0) is 0 Å². The summed E-state index contributed by atoms with van der Waals surface area (Å²) in [5, 5.41) is 0. The van der Waals surface area contributed by atoms with Crippen LogP contribution in [0.25, 0.3) is 0 Å². The second-order valence-corrected chi connectivity index (χ2v) is 5.47. The summed E-state index contributed by atoms with van der Waals surface area (Å²) in [6.07, 6.45) is 2.03. The molecule has 1 aliphatic rings. The Hall–Kier alpha value is -0.180. The van der Waals surface area contributed by atoms with Crippen molar-refractivity contribution >= 4 is 17.6 Å². The normalized spacial score (nSPS) is 28.2. The highest BCUT2D eigenvalue weighted by atomic mass is 32.2. The number of rotatable bonds is 3. The predicted molar refractivity (Wildman–Crippen MR) is 56.9 cm³/mol. The molecule has 0 aromatic carbocycles. The average Bonchev–Trinajstić information content (AvgIpc) is 1.99. The minimum Gasteiger partial charge on any atom is -0.387 e. The topological polar surface area (TPSA) is 38.4 Å². The summed E-state index contributed by atoms with van der Waals surface area (Å²) in [7, 11) is 0. The quantitative estimate of drug-likeness (QED) is 0.541. The molecule has 1 saturated heterocycles. The summed E-state index contributed by atoms with van der Waals surface area (Å²) in [5.41, 5.74) is 5.76. The molecule has 1 atom stereocenters. The highest BCUT2D eigenvalue weighted by Gasteiger charge is 2.39. The maximum absolute atomic E-state index is 5.76. The number of amidine groups is 1. The Labute approximate surface area is 79.0 Å². The summed E-state index contributed by atoms with van der Waals surface area (Å²) in [6.45, 7) is 6.59. The van der Waals surface area contributed by atoms with Crippen LogP contribution >= 0.6 is 11.8 Å². The summed E-state index contributed by atoms with van der Waals surface area (Å²) >= 11 is 1.97. The van der Waals surface area contributed by atoms with Crippen LogP contribution in [0.4, 0.5) is 0 Å². The molecule has 0 saturated carbocycles. The molecule has 1 rings (SSSR count). The van der Waals surface area contributed by atoms with Crippen LogP contribution in [0.1, 0.15) is 33.6 Å². The molecular formula is C9H18N2S. The highest BCUT2D eigenvalue weighted by molar-refractivity contribution is 8.02. The largest absolute Gasteiger partial charge is 0.387 e. The first-order valence-electron chi connectivity index (χ1n) is 4.52. The Kier molecular flexibility index (Phi) is 3.04. The van der Waals surface area contributed by atoms with E-state index in [0.717, 1.165) is 24.4 Å². The molecular weight excluding hydrogens is 168 g/mol. The van der Waals surface area contributed by atoms with Gasteiger partial charge in [-0.25, -0.2) is 0 Å². The van der Waals surface area contributed by atoms with E-state index >= 15 is 0 Å². The molecule has 0 spiro atoms. The lowest BCUT2D eigenvalue weighted by Gasteiger charge is -2.41. The number of hydrogen-bond acceptors (Lipinski definition) is 2. The third-order valence-corrected chi connectivity index (χ3v) is 3.74. The minimum absolute atomic E-state index is 0.318. The fourth-order valence-electron chi connectivity index (χ4n) is 1.20. The number of thioether (sulfide) groups is 1. The molecule has 0 aromatic heterocycles. The lowest BCUT2D eigenvalue weighted by molar-refractivity contribution is 0.544. The molecule has 0 radical (unpaired) electrons. The lowest BCUT2D eigenvalue weighted by atomic mass is 10.0. The fraction of sp³-hybridized carbons (Fsp3) is 0.889. The highest BCUT2D eigenvalue weighted by Crippen LogP contribution is 2.41. The Morgan fingerprint density at radius 3 is 2.67 bits per heavy atom. The third-order valence-electron chi connectivity index (χ3n) is 2.24. The SMILES string of the molecule is CCCC(N)=NC1CSC1(C)C. The van der Waals surface area contributed by atoms with Crippen molar-refractivity contribution in [3.05, 3.63) is 0 Å². The van der Waals surface area contributed by atoms with Gasteiger partial charge in [0.1, 0.15) is 0 Å². The van der Waals surface area contributed by atoms with Gasteiger partial charge >= 0.3 is 0 Å². The molecule has 0 amide bonds. The van der Waals surface area contributed by atoms with Gasteiger partial charge in [0.2, 0.25) is 0 Å². The smallest absolute Gasteiger partial charge is 0.0941 e. The van der Waals surface area contributed by atoms with Crippen molar-refractivity contribution in [3.8, 4) is 0 Å². The Morgan fingerprint density at radius 2 is 2.33 bits per heavy atom. The molecule has 0 aromatic rings. The number of nitrogens with two attached hydrogens (primary N) is 1. The van der Waals surface area contributed by atoms with Crippen molar-refractivity contribution < 1.29 is 0 Å². The van der Waals surface area contributed by atoms with Gasteiger partial charge in [-0.2, -0.15) is 11.8 Å². The molecule has 3 heteroatoms. The standard InChI is InChI=1S/C9H18N2S/c1-4-5-8(10)11-7-6-12-9(7,2)3/h7H,4-6H2,1-3H3,(H2,10,11). The molecule has 2 N–H and O–H groups in total. The molecule has 0 bridgehead atoms. The third kappa shape index (κ3) is 2.16. The Bertz CT molecular complexity index is 187. The Balaban J connectivity index is 2.45. The van der Waals surface area contributed by atoms with E-state index in [4.69, 9.17) is 5.73 Å². The molecule has 1 fully saturated rings. The second kappa shape index (κ2) is 3.69. The zero-order valence-electron chi connectivity index (χ0n) is 8.13. The number of hydrogen-bond donors (Lipinski definition) is 1. The van der Waals surface area contributed by atoms with Crippen LogP contribution in [0, 0.1) is 0 Å². The van der Waals surface area contributed by atoms with E-state index in [9.17, 15) is 0 Å². The van der Waals surface area contributed by atoms with E-state index in [1.807, 2.05) is 11.8 Å². The molecule has 70 valence electrons. The predicted octanol–water partition coefficient (Wildman–Crippen LogP) is 2.04. The first-order chi connectivity index (χ1) is 5.56. The second-order valence-electron chi connectivity index (χ2n) is 3.80. The van der Waals surface area contributed by atoms with Crippen molar-refractivity contribution in [3.63, 3.8) is 0 Å². The number of nitrogens with zero attached hydrogens (tertiary/aromatic N) is 1. The van der Waals surface area contributed by atoms with E-state index in [0.29, 0.717) is 10.8 Å². The van der Waals surface area contributed by atoms with Crippen molar-refractivity contribution in [2.45, 2.75) is 44.4 Å². The zero-order valence-corrected chi connectivity index (χ0v) is 8.95. The molecule has 1 unspecified atom stereocenters. The molecule has 1 heterocycles. The van der Waals surface area contributed by atoms with Crippen LogP contribution in [0.5, 0.6) is 0 Å². The van der Waals surface area contributed by atoms with Crippen LogP contribution in [0.15, 0.2) is 4.99 Å². The summed E-state index contributed by atoms with van der Waals surface area (Å²) < 4.78 is 0.318. The van der Waals surface area contributed by atoms with E-state index < -0.39 is 0 Å². The Morgan fingerprint density at radius 1 is 1.67 bits per heavy atom. The van der Waals surface area contributed by atoms with E-state index in [1.165, 1.54) is 0 Å². The van der Waals surface area contributed by atoms with Gasteiger partial charge in [0, 0.05) is 16.9 Å². The fourth-order valence-corrected chi connectivity index (χ4v) is 2.31. The van der Waals surface area contributed by atoms with Crippen LogP contribution in [0.3, 0.4) is 0 Å². The molecule has 12 heavy (non-hydrogen) atoms. The number of aliphatic imine (C=N–C) groups is 1. The van der Waals surface area contributed by atoms with Crippen molar-refractivity contribution in [2.24, 2.45) is 10.7 Å². The van der Waals surface area contributed by atoms with Gasteiger partial charge in [-0.15, -0.1) is 0 Å². The van der Waals surface area contributed by atoms with E-state index in [1.54, 1.807) is 0 Å². The van der Waals surface area contributed by atoms with Crippen molar-refractivity contribution in [2.75, 3.05) is 5.75 Å². The first kappa shape index (κ1) is 9.90. The van der Waals surface area contributed by atoms with Gasteiger partial charge in [0.25, 0.3) is 0 Å². The molecule has 2 nitrogen and oxygen atoms in total. The van der Waals surface area contributed by atoms with Crippen molar-refractivity contribution in [1.82, 2.24) is 0 Å². The maximum atomic E-state index is 5.76.